The number of phenolic OH excluding ortho intramolecular Hbond substituents is 1. The zero-order chi connectivity index (χ0) is 9.26. The van der Waals surface area contributed by atoms with Crippen molar-refractivity contribution < 1.29 is 9.84 Å². The third kappa shape index (κ3) is 1.49. The first-order chi connectivity index (χ1) is 6.27. The van der Waals surface area contributed by atoms with Gasteiger partial charge in [0.05, 0.1) is 11.6 Å². The van der Waals surface area contributed by atoms with Gasteiger partial charge in [0, 0.05) is 0 Å². The van der Waals surface area contributed by atoms with Crippen LogP contribution in [0.5, 0.6) is 5.75 Å². The molecule has 0 unspecified atom stereocenters. The Morgan fingerprint density at radius 3 is 2.85 bits per heavy atom. The van der Waals surface area contributed by atoms with Gasteiger partial charge in [-0.1, -0.05) is 12.1 Å². The second-order valence-electron chi connectivity index (χ2n) is 3.11. The maximum Gasteiger partial charge on any atom is 0.220 e. The number of para-hydroxylation sites is 1. The second kappa shape index (κ2) is 3.09. The maximum atomic E-state index is 9.50. The fraction of sp³-hybridized carbons (Fsp3) is 0.300. The quantitative estimate of drug-likeness (QED) is 0.707. The van der Waals surface area contributed by atoms with Crippen LogP contribution in [0.1, 0.15) is 12.5 Å². The van der Waals surface area contributed by atoms with Crippen molar-refractivity contribution in [3.05, 3.63) is 29.8 Å². The van der Waals surface area contributed by atoms with Crippen LogP contribution >= 0.6 is 0 Å². The third-order valence-corrected chi connectivity index (χ3v) is 1.93. The summed E-state index contributed by atoms with van der Waals surface area (Å²) in [5.41, 5.74) is 0.673. The molecule has 0 radical (unpaired) electrons. The molecule has 0 spiro atoms. The Morgan fingerprint density at radius 2 is 2.23 bits per heavy atom. The van der Waals surface area contributed by atoms with Crippen LogP contribution in [0.3, 0.4) is 0 Å². The van der Waals surface area contributed by atoms with Gasteiger partial charge in [0.2, 0.25) is 5.90 Å². The van der Waals surface area contributed by atoms with E-state index in [1.807, 2.05) is 13.0 Å². The van der Waals surface area contributed by atoms with Crippen molar-refractivity contribution in [2.75, 3.05) is 6.61 Å². The molecule has 0 saturated heterocycles. The molecule has 3 heteroatoms. The van der Waals surface area contributed by atoms with E-state index in [2.05, 4.69) is 4.99 Å². The largest absolute Gasteiger partial charge is 0.507 e. The predicted octanol–water partition coefficient (Wildman–Crippen LogP) is 1.56. The van der Waals surface area contributed by atoms with Gasteiger partial charge in [-0.25, -0.2) is 4.99 Å². The minimum Gasteiger partial charge on any atom is -0.507 e. The summed E-state index contributed by atoms with van der Waals surface area (Å²) in [7, 11) is 0. The van der Waals surface area contributed by atoms with E-state index in [9.17, 15) is 5.11 Å². The molecule has 3 nitrogen and oxygen atoms in total. The van der Waals surface area contributed by atoms with Gasteiger partial charge in [-0.2, -0.15) is 0 Å². The van der Waals surface area contributed by atoms with E-state index in [1.54, 1.807) is 18.2 Å². The van der Waals surface area contributed by atoms with Gasteiger partial charge in [0.25, 0.3) is 0 Å². The lowest BCUT2D eigenvalue weighted by molar-refractivity contribution is 0.322. The average Bonchev–Trinajstić information content (AvgIpc) is 2.53. The van der Waals surface area contributed by atoms with Crippen molar-refractivity contribution in [1.29, 1.82) is 0 Å². The highest BCUT2D eigenvalue weighted by molar-refractivity contribution is 5.97. The van der Waals surface area contributed by atoms with Crippen LogP contribution in [0.15, 0.2) is 29.3 Å². The van der Waals surface area contributed by atoms with E-state index < -0.39 is 0 Å². The number of hydrogen-bond acceptors (Lipinski definition) is 3. The molecule has 2 rings (SSSR count). The number of benzene rings is 1. The molecule has 0 amide bonds. The SMILES string of the molecule is C[C@@H]1COC(c2ccccc2O)=N1. The molecule has 0 fully saturated rings. The lowest BCUT2D eigenvalue weighted by atomic mass is 10.2. The summed E-state index contributed by atoms with van der Waals surface area (Å²) in [4.78, 5) is 4.25. The summed E-state index contributed by atoms with van der Waals surface area (Å²) in [5.74, 6) is 0.765. The number of aliphatic imine (C=N–C) groups is 1. The van der Waals surface area contributed by atoms with Crippen molar-refractivity contribution in [1.82, 2.24) is 0 Å². The molecule has 1 aromatic rings. The summed E-state index contributed by atoms with van der Waals surface area (Å²) < 4.78 is 5.32. The molecule has 1 aliphatic heterocycles. The monoisotopic (exact) mass is 177 g/mol. The van der Waals surface area contributed by atoms with E-state index in [0.717, 1.165) is 0 Å². The first-order valence-electron chi connectivity index (χ1n) is 4.26. The first kappa shape index (κ1) is 8.10. The Bertz CT molecular complexity index is 347. The van der Waals surface area contributed by atoms with E-state index in [-0.39, 0.29) is 11.8 Å². The molecule has 0 aliphatic carbocycles. The molecule has 68 valence electrons. The summed E-state index contributed by atoms with van der Waals surface area (Å²) in [6, 6.07) is 7.24. The highest BCUT2D eigenvalue weighted by Gasteiger charge is 2.17. The standard InChI is InChI=1S/C10H11NO2/c1-7-6-13-10(11-7)8-4-2-3-5-9(8)12/h2-5,7,12H,6H2,1H3/t7-/m1/s1. The van der Waals surface area contributed by atoms with Crippen LogP contribution in [-0.2, 0) is 4.74 Å². The summed E-state index contributed by atoms with van der Waals surface area (Å²) in [5, 5.41) is 9.50. The van der Waals surface area contributed by atoms with E-state index in [4.69, 9.17) is 4.74 Å². The van der Waals surface area contributed by atoms with Gasteiger partial charge in [0.1, 0.15) is 12.4 Å². The van der Waals surface area contributed by atoms with Crippen molar-refractivity contribution in [2.24, 2.45) is 4.99 Å². The topological polar surface area (TPSA) is 41.8 Å². The number of ether oxygens (including phenoxy) is 1. The molecule has 13 heavy (non-hydrogen) atoms. The molecular formula is C10H11NO2. The smallest absolute Gasteiger partial charge is 0.220 e. The summed E-state index contributed by atoms with van der Waals surface area (Å²) >= 11 is 0. The third-order valence-electron chi connectivity index (χ3n) is 1.93. The summed E-state index contributed by atoms with van der Waals surface area (Å²) in [6.45, 7) is 2.58. The molecule has 1 aliphatic rings. The zero-order valence-electron chi connectivity index (χ0n) is 7.40. The Hall–Kier alpha value is -1.51. The van der Waals surface area contributed by atoms with Gasteiger partial charge in [-0.05, 0) is 19.1 Å². The maximum absolute atomic E-state index is 9.50. The van der Waals surface area contributed by atoms with E-state index in [1.165, 1.54) is 0 Å². The molecule has 1 N–H and O–H groups in total. The van der Waals surface area contributed by atoms with Gasteiger partial charge < -0.3 is 9.84 Å². The van der Waals surface area contributed by atoms with Gasteiger partial charge in [-0.15, -0.1) is 0 Å². The minimum atomic E-state index is 0.189. The van der Waals surface area contributed by atoms with Crippen LogP contribution in [0.2, 0.25) is 0 Å². The molecule has 0 aromatic heterocycles. The molecule has 1 aromatic carbocycles. The zero-order valence-corrected chi connectivity index (χ0v) is 7.40. The minimum absolute atomic E-state index is 0.189. The van der Waals surface area contributed by atoms with Crippen molar-refractivity contribution >= 4 is 5.90 Å². The van der Waals surface area contributed by atoms with E-state index >= 15 is 0 Å². The lowest BCUT2D eigenvalue weighted by Gasteiger charge is -2.02. The fourth-order valence-corrected chi connectivity index (χ4v) is 1.28. The van der Waals surface area contributed by atoms with Gasteiger partial charge >= 0.3 is 0 Å². The molecule has 1 atom stereocenters. The number of rotatable bonds is 1. The number of aromatic hydroxyl groups is 1. The lowest BCUT2D eigenvalue weighted by Crippen LogP contribution is -2.01. The molecular weight excluding hydrogens is 166 g/mol. The Morgan fingerprint density at radius 1 is 1.46 bits per heavy atom. The van der Waals surface area contributed by atoms with E-state index in [0.29, 0.717) is 18.1 Å². The Kier molecular flexibility index (Phi) is 1.93. The van der Waals surface area contributed by atoms with Crippen molar-refractivity contribution in [2.45, 2.75) is 13.0 Å². The van der Waals surface area contributed by atoms with Gasteiger partial charge in [-0.3, -0.25) is 0 Å². The molecule has 0 bridgehead atoms. The number of phenols is 1. The second-order valence-corrected chi connectivity index (χ2v) is 3.11. The van der Waals surface area contributed by atoms with Crippen LogP contribution in [-0.4, -0.2) is 23.7 Å². The molecule has 1 heterocycles. The average molecular weight is 177 g/mol. The van der Waals surface area contributed by atoms with Crippen LogP contribution in [0, 0.1) is 0 Å². The number of nitrogens with zero attached hydrogens (tertiary/aromatic N) is 1. The first-order valence-corrected chi connectivity index (χ1v) is 4.26. The normalized spacial score (nSPS) is 21.0. The van der Waals surface area contributed by atoms with Crippen LogP contribution in [0.4, 0.5) is 0 Å². The Balaban J connectivity index is 2.36. The predicted molar refractivity (Wildman–Crippen MR) is 50.1 cm³/mol. The highest BCUT2D eigenvalue weighted by Crippen LogP contribution is 2.20. The number of hydrogen-bond donors (Lipinski definition) is 1. The van der Waals surface area contributed by atoms with Gasteiger partial charge in [0.15, 0.2) is 0 Å². The Labute approximate surface area is 76.7 Å². The highest BCUT2D eigenvalue weighted by atomic mass is 16.5. The van der Waals surface area contributed by atoms with Crippen molar-refractivity contribution in [3.8, 4) is 5.75 Å². The van der Waals surface area contributed by atoms with Crippen LogP contribution in [0.25, 0.3) is 0 Å². The van der Waals surface area contributed by atoms with Crippen LogP contribution < -0.4 is 0 Å². The fourth-order valence-electron chi connectivity index (χ4n) is 1.28. The summed E-state index contributed by atoms with van der Waals surface area (Å²) in [6.07, 6.45) is 0. The molecule has 0 saturated carbocycles. The van der Waals surface area contributed by atoms with Crippen molar-refractivity contribution in [3.63, 3.8) is 0 Å².